The Morgan fingerprint density at radius 1 is 1.33 bits per heavy atom. The largest absolute Gasteiger partial charge is 0.501 e. The minimum atomic E-state index is -0.512. The lowest BCUT2D eigenvalue weighted by Gasteiger charge is -2.20. The van der Waals surface area contributed by atoms with Crippen LogP contribution in [0.3, 0.4) is 0 Å². The molecule has 1 aromatic carbocycles. The normalized spacial score (nSPS) is 20.1. The van der Waals surface area contributed by atoms with Gasteiger partial charge < -0.3 is 14.7 Å². The predicted octanol–water partition coefficient (Wildman–Crippen LogP) is 2.41. The third kappa shape index (κ3) is 1.99. The molecule has 0 saturated heterocycles. The standard InChI is InChI=1S/C15H19NO2/c1-16-7-6-11-9-12(4-5-14(11)16)15(17)13-3-2-8-18-10-13/h4-5,9-10,15,17H,2-3,6-8H2,1H3. The number of aliphatic hydroxyl groups is 1. The van der Waals surface area contributed by atoms with Gasteiger partial charge >= 0.3 is 0 Å². The molecular weight excluding hydrogens is 226 g/mol. The number of ether oxygens (including phenoxy) is 1. The number of nitrogens with zero attached hydrogens (tertiary/aromatic N) is 1. The zero-order chi connectivity index (χ0) is 12.5. The minimum Gasteiger partial charge on any atom is -0.501 e. The van der Waals surface area contributed by atoms with Gasteiger partial charge in [-0.25, -0.2) is 0 Å². The third-order valence-corrected chi connectivity index (χ3v) is 3.86. The van der Waals surface area contributed by atoms with Gasteiger partial charge in [-0.3, -0.25) is 0 Å². The summed E-state index contributed by atoms with van der Waals surface area (Å²) in [5.41, 5.74) is 4.61. The summed E-state index contributed by atoms with van der Waals surface area (Å²) in [6.07, 6.45) is 4.21. The fourth-order valence-electron chi connectivity index (χ4n) is 2.76. The molecule has 96 valence electrons. The summed E-state index contributed by atoms with van der Waals surface area (Å²) in [6, 6.07) is 6.28. The maximum absolute atomic E-state index is 10.4. The molecule has 1 N–H and O–H groups in total. The Morgan fingerprint density at radius 3 is 3.00 bits per heavy atom. The van der Waals surface area contributed by atoms with Crippen LogP contribution in [0.15, 0.2) is 30.0 Å². The van der Waals surface area contributed by atoms with Crippen LogP contribution in [0.4, 0.5) is 5.69 Å². The first-order valence-corrected chi connectivity index (χ1v) is 6.58. The van der Waals surface area contributed by atoms with Gasteiger partial charge in [-0.15, -0.1) is 0 Å². The second kappa shape index (κ2) is 4.65. The third-order valence-electron chi connectivity index (χ3n) is 3.86. The van der Waals surface area contributed by atoms with Crippen molar-refractivity contribution in [2.24, 2.45) is 0 Å². The molecule has 0 radical (unpaired) electrons. The molecular formula is C15H19NO2. The van der Waals surface area contributed by atoms with E-state index < -0.39 is 6.10 Å². The average molecular weight is 245 g/mol. The van der Waals surface area contributed by atoms with Gasteiger partial charge in [0.15, 0.2) is 0 Å². The Morgan fingerprint density at radius 2 is 2.22 bits per heavy atom. The monoisotopic (exact) mass is 245 g/mol. The lowest BCUT2D eigenvalue weighted by molar-refractivity contribution is 0.170. The summed E-state index contributed by atoms with van der Waals surface area (Å²) in [7, 11) is 2.11. The fourth-order valence-corrected chi connectivity index (χ4v) is 2.76. The predicted molar refractivity (Wildman–Crippen MR) is 71.6 cm³/mol. The number of hydrogen-bond donors (Lipinski definition) is 1. The van der Waals surface area contributed by atoms with Crippen molar-refractivity contribution in [3.63, 3.8) is 0 Å². The second-order valence-corrected chi connectivity index (χ2v) is 5.13. The molecule has 3 rings (SSSR count). The summed E-state index contributed by atoms with van der Waals surface area (Å²) in [5, 5.41) is 10.4. The molecule has 2 heterocycles. The van der Waals surface area contributed by atoms with E-state index >= 15 is 0 Å². The smallest absolute Gasteiger partial charge is 0.103 e. The van der Waals surface area contributed by atoms with E-state index in [9.17, 15) is 5.11 Å². The van der Waals surface area contributed by atoms with Gasteiger partial charge in [-0.05, 0) is 42.0 Å². The lowest BCUT2D eigenvalue weighted by Crippen LogP contribution is -2.12. The van der Waals surface area contributed by atoms with E-state index in [0.29, 0.717) is 0 Å². The van der Waals surface area contributed by atoms with Crippen molar-refractivity contribution in [3.8, 4) is 0 Å². The van der Waals surface area contributed by atoms with E-state index in [0.717, 1.165) is 43.6 Å². The Hall–Kier alpha value is -1.48. The summed E-state index contributed by atoms with van der Waals surface area (Å²) in [4.78, 5) is 2.26. The molecule has 3 nitrogen and oxygen atoms in total. The summed E-state index contributed by atoms with van der Waals surface area (Å²) in [5.74, 6) is 0. The topological polar surface area (TPSA) is 32.7 Å². The number of likely N-dealkylation sites (N-methyl/N-ethyl adjacent to an activating group) is 1. The number of rotatable bonds is 2. The SMILES string of the molecule is CN1CCc2cc(C(O)C3=COCCC3)ccc21. The van der Waals surface area contributed by atoms with Gasteiger partial charge in [0.1, 0.15) is 6.10 Å². The van der Waals surface area contributed by atoms with Crippen molar-refractivity contribution in [1.29, 1.82) is 0 Å². The minimum absolute atomic E-state index is 0.512. The molecule has 0 amide bonds. The molecule has 0 aliphatic carbocycles. The van der Waals surface area contributed by atoms with Gasteiger partial charge in [0.25, 0.3) is 0 Å². The van der Waals surface area contributed by atoms with Crippen LogP contribution in [0.25, 0.3) is 0 Å². The lowest BCUT2D eigenvalue weighted by atomic mass is 9.96. The number of aliphatic hydroxyl groups excluding tert-OH is 1. The first-order valence-electron chi connectivity index (χ1n) is 6.58. The van der Waals surface area contributed by atoms with Crippen LogP contribution in [-0.4, -0.2) is 25.3 Å². The number of fused-ring (bicyclic) bond motifs is 1. The van der Waals surface area contributed by atoms with Crippen molar-refractivity contribution in [2.75, 3.05) is 25.1 Å². The van der Waals surface area contributed by atoms with Crippen LogP contribution in [0.2, 0.25) is 0 Å². The van der Waals surface area contributed by atoms with Gasteiger partial charge in [0, 0.05) is 19.3 Å². The molecule has 0 fully saturated rings. The van der Waals surface area contributed by atoms with Crippen LogP contribution in [-0.2, 0) is 11.2 Å². The highest BCUT2D eigenvalue weighted by Gasteiger charge is 2.20. The van der Waals surface area contributed by atoms with E-state index in [1.54, 1.807) is 6.26 Å². The van der Waals surface area contributed by atoms with Gasteiger partial charge in [-0.2, -0.15) is 0 Å². The highest BCUT2D eigenvalue weighted by atomic mass is 16.5. The Balaban J connectivity index is 1.86. The van der Waals surface area contributed by atoms with E-state index in [4.69, 9.17) is 4.74 Å². The van der Waals surface area contributed by atoms with E-state index in [2.05, 4.69) is 24.1 Å². The van der Waals surface area contributed by atoms with Crippen LogP contribution < -0.4 is 4.90 Å². The maximum atomic E-state index is 10.4. The van der Waals surface area contributed by atoms with Gasteiger partial charge in [0.05, 0.1) is 12.9 Å². The fraction of sp³-hybridized carbons (Fsp3) is 0.467. The number of anilines is 1. The summed E-state index contributed by atoms with van der Waals surface area (Å²) in [6.45, 7) is 1.84. The quantitative estimate of drug-likeness (QED) is 0.868. The molecule has 1 aromatic rings. The van der Waals surface area contributed by atoms with Crippen LogP contribution >= 0.6 is 0 Å². The van der Waals surface area contributed by atoms with Crippen molar-refractivity contribution in [3.05, 3.63) is 41.2 Å². The zero-order valence-corrected chi connectivity index (χ0v) is 10.7. The average Bonchev–Trinajstić information content (AvgIpc) is 2.80. The molecule has 1 unspecified atom stereocenters. The van der Waals surface area contributed by atoms with Gasteiger partial charge in [0.2, 0.25) is 0 Å². The molecule has 18 heavy (non-hydrogen) atoms. The van der Waals surface area contributed by atoms with Crippen LogP contribution in [0.1, 0.15) is 30.1 Å². The van der Waals surface area contributed by atoms with E-state index in [1.165, 1.54) is 11.3 Å². The molecule has 2 aliphatic rings. The Bertz CT molecular complexity index is 481. The van der Waals surface area contributed by atoms with Crippen LogP contribution in [0, 0.1) is 0 Å². The molecule has 0 bridgehead atoms. The number of benzene rings is 1. The maximum Gasteiger partial charge on any atom is 0.103 e. The Kier molecular flexibility index (Phi) is 3.00. The van der Waals surface area contributed by atoms with Crippen LogP contribution in [0.5, 0.6) is 0 Å². The highest BCUT2D eigenvalue weighted by Crippen LogP contribution is 2.33. The molecule has 2 aliphatic heterocycles. The van der Waals surface area contributed by atoms with Crippen molar-refractivity contribution >= 4 is 5.69 Å². The molecule has 0 aromatic heterocycles. The first-order chi connectivity index (χ1) is 8.75. The molecule has 0 saturated carbocycles. The molecule has 0 spiro atoms. The first kappa shape index (κ1) is 11.6. The summed E-state index contributed by atoms with van der Waals surface area (Å²) >= 11 is 0. The summed E-state index contributed by atoms with van der Waals surface area (Å²) < 4.78 is 5.30. The van der Waals surface area contributed by atoms with Crippen molar-refractivity contribution in [2.45, 2.75) is 25.4 Å². The van der Waals surface area contributed by atoms with Crippen molar-refractivity contribution in [1.82, 2.24) is 0 Å². The number of hydrogen-bond acceptors (Lipinski definition) is 3. The van der Waals surface area contributed by atoms with Gasteiger partial charge in [-0.1, -0.05) is 12.1 Å². The Labute approximate surface area is 108 Å². The zero-order valence-electron chi connectivity index (χ0n) is 10.7. The molecule has 3 heteroatoms. The molecule has 1 atom stereocenters. The van der Waals surface area contributed by atoms with E-state index in [1.807, 2.05) is 6.07 Å². The second-order valence-electron chi connectivity index (χ2n) is 5.13. The van der Waals surface area contributed by atoms with Crippen molar-refractivity contribution < 1.29 is 9.84 Å². The van der Waals surface area contributed by atoms with E-state index in [-0.39, 0.29) is 0 Å². The highest BCUT2D eigenvalue weighted by molar-refractivity contribution is 5.59.